The molecule has 2 aromatic rings. The molecular formula is C24H25F2N3O7. The molecule has 4 rings (SSSR count). The van der Waals surface area contributed by atoms with Crippen LogP contribution in [0.5, 0.6) is 0 Å². The third-order valence-electron chi connectivity index (χ3n) is 6.38. The molecule has 12 heteroatoms. The van der Waals surface area contributed by atoms with Gasteiger partial charge in [-0.2, -0.15) is 0 Å². The predicted molar refractivity (Wildman–Crippen MR) is 124 cm³/mol. The zero-order valence-electron chi connectivity index (χ0n) is 19.8. The van der Waals surface area contributed by atoms with Gasteiger partial charge >= 0.3 is 17.9 Å². The van der Waals surface area contributed by atoms with Gasteiger partial charge in [-0.05, 0) is 25.0 Å². The second-order valence-corrected chi connectivity index (χ2v) is 8.57. The van der Waals surface area contributed by atoms with Crippen molar-refractivity contribution in [1.29, 1.82) is 0 Å². The number of carboxylic acid groups (broad SMARTS) is 1. The number of carboxylic acids is 1. The fraction of sp³-hybridized carbons (Fsp3) is 0.417. The lowest BCUT2D eigenvalue weighted by Gasteiger charge is -2.38. The highest BCUT2D eigenvalue weighted by molar-refractivity contribution is 5.94. The summed E-state index contributed by atoms with van der Waals surface area (Å²) in [5, 5.41) is 9.06. The topological polar surface area (TPSA) is 118 Å². The van der Waals surface area contributed by atoms with E-state index in [1.807, 2.05) is 0 Å². The molecular weight excluding hydrogens is 480 g/mol. The number of carbonyl (C=O) groups excluding carboxylic acids is 2. The Bertz CT molecular complexity index is 1330. The van der Waals surface area contributed by atoms with E-state index in [1.165, 1.54) is 29.8 Å². The molecule has 1 saturated heterocycles. The van der Waals surface area contributed by atoms with Crippen LogP contribution in [0, 0.1) is 11.6 Å². The van der Waals surface area contributed by atoms with Gasteiger partial charge in [0.15, 0.2) is 5.82 Å². The molecule has 192 valence electrons. The fourth-order valence-electron chi connectivity index (χ4n) is 4.39. The largest absolute Gasteiger partial charge is 0.477 e. The van der Waals surface area contributed by atoms with Crippen molar-refractivity contribution >= 4 is 34.5 Å². The quantitative estimate of drug-likeness (QED) is 0.446. The van der Waals surface area contributed by atoms with Crippen LogP contribution < -0.4 is 10.3 Å². The summed E-state index contributed by atoms with van der Waals surface area (Å²) in [5.41, 5.74) is -1.78. The van der Waals surface area contributed by atoms with Crippen molar-refractivity contribution in [1.82, 2.24) is 9.47 Å². The number of hydrogen-bond donors (Lipinski definition) is 1. The van der Waals surface area contributed by atoms with E-state index in [0.29, 0.717) is 12.8 Å². The number of hydrogen-bond acceptors (Lipinski definition) is 8. The van der Waals surface area contributed by atoms with E-state index in [0.717, 1.165) is 12.3 Å². The van der Waals surface area contributed by atoms with Gasteiger partial charge in [-0.1, -0.05) is 0 Å². The summed E-state index contributed by atoms with van der Waals surface area (Å²) in [6, 6.07) is 0.725. The lowest BCUT2D eigenvalue weighted by molar-refractivity contribution is -0.139. The molecule has 0 bridgehead atoms. The van der Waals surface area contributed by atoms with Crippen molar-refractivity contribution in [2.45, 2.75) is 25.3 Å². The molecule has 10 nitrogen and oxygen atoms in total. The number of aromatic nitrogens is 1. The monoisotopic (exact) mass is 505 g/mol. The average Bonchev–Trinajstić information content (AvgIpc) is 3.70. The molecule has 0 radical (unpaired) electrons. The smallest absolute Gasteiger partial charge is 0.354 e. The normalized spacial score (nSPS) is 16.3. The van der Waals surface area contributed by atoms with E-state index >= 15 is 8.78 Å². The standard InChI is InChI=1S/C24H25F2N3O7/c1-35-18(30)6-5-17(24(34)36-2)27-7-9-28(10-8-27)21-16(25)11-14-20(19(21)26)29(13-3-4-13)12-15(22(14)31)23(32)33/h5,11-13H,3-4,6-10H2,1-2H3,(H,32,33)/b17-5+. The lowest BCUT2D eigenvalue weighted by atomic mass is 10.1. The van der Waals surface area contributed by atoms with Crippen LogP contribution in [0.1, 0.15) is 35.7 Å². The Morgan fingerprint density at radius 3 is 2.33 bits per heavy atom. The van der Waals surface area contributed by atoms with Crippen LogP contribution in [0.15, 0.2) is 28.8 Å². The highest BCUT2D eigenvalue weighted by Gasteiger charge is 2.32. The first-order valence-electron chi connectivity index (χ1n) is 11.3. The minimum absolute atomic E-state index is 0.125. The van der Waals surface area contributed by atoms with Crippen molar-refractivity contribution in [3.8, 4) is 0 Å². The zero-order chi connectivity index (χ0) is 26.1. The summed E-state index contributed by atoms with van der Waals surface area (Å²) < 4.78 is 41.8. The summed E-state index contributed by atoms with van der Waals surface area (Å²) >= 11 is 0. The third-order valence-corrected chi connectivity index (χ3v) is 6.38. The molecule has 0 amide bonds. The van der Waals surface area contributed by atoms with Crippen LogP contribution in [0.25, 0.3) is 10.9 Å². The minimum Gasteiger partial charge on any atom is -0.477 e. The van der Waals surface area contributed by atoms with Gasteiger partial charge in [0.05, 0.1) is 31.5 Å². The Morgan fingerprint density at radius 1 is 1.11 bits per heavy atom. The number of fused-ring (bicyclic) bond motifs is 1. The number of piperazine rings is 1. The number of aromatic carboxylic acids is 1. The molecule has 0 spiro atoms. The zero-order valence-corrected chi connectivity index (χ0v) is 19.8. The summed E-state index contributed by atoms with van der Waals surface area (Å²) in [6.07, 6.45) is 3.75. The number of halogens is 2. The van der Waals surface area contributed by atoms with E-state index in [1.54, 1.807) is 4.90 Å². The van der Waals surface area contributed by atoms with Crippen molar-refractivity contribution < 1.29 is 37.7 Å². The first-order chi connectivity index (χ1) is 17.2. The maximum absolute atomic E-state index is 15.8. The molecule has 1 aromatic heterocycles. The summed E-state index contributed by atoms with van der Waals surface area (Å²) in [6.45, 7) is 0.665. The number of rotatable bonds is 7. The summed E-state index contributed by atoms with van der Waals surface area (Å²) in [5.74, 6) is -4.57. The van der Waals surface area contributed by atoms with Gasteiger partial charge in [0, 0.05) is 38.4 Å². The average molecular weight is 505 g/mol. The number of benzene rings is 1. The Morgan fingerprint density at radius 2 is 1.78 bits per heavy atom. The molecule has 2 fully saturated rings. The SMILES string of the molecule is COC(=O)C/C=C(\C(=O)OC)N1CCN(c2c(F)cc3c(=O)c(C(=O)O)cn(C4CC4)c3c2F)CC1. The molecule has 0 unspecified atom stereocenters. The van der Waals surface area contributed by atoms with Gasteiger partial charge in [-0.15, -0.1) is 0 Å². The van der Waals surface area contributed by atoms with Crippen LogP contribution in [0.2, 0.25) is 0 Å². The Balaban J connectivity index is 1.67. The van der Waals surface area contributed by atoms with E-state index in [2.05, 4.69) is 4.74 Å². The van der Waals surface area contributed by atoms with E-state index < -0.39 is 40.5 Å². The second kappa shape index (κ2) is 9.96. The minimum atomic E-state index is -1.46. The molecule has 1 aliphatic heterocycles. The van der Waals surface area contributed by atoms with E-state index in [9.17, 15) is 24.3 Å². The van der Waals surface area contributed by atoms with Crippen LogP contribution in [0.3, 0.4) is 0 Å². The summed E-state index contributed by atoms with van der Waals surface area (Å²) in [7, 11) is 2.43. The van der Waals surface area contributed by atoms with Crippen LogP contribution >= 0.6 is 0 Å². The maximum atomic E-state index is 15.8. The molecule has 36 heavy (non-hydrogen) atoms. The van der Waals surface area contributed by atoms with Crippen molar-refractivity contribution in [3.05, 3.63) is 51.5 Å². The molecule has 1 aliphatic carbocycles. The molecule has 1 N–H and O–H groups in total. The van der Waals surface area contributed by atoms with Crippen molar-refractivity contribution in [2.75, 3.05) is 45.3 Å². The van der Waals surface area contributed by atoms with E-state index in [-0.39, 0.29) is 60.9 Å². The van der Waals surface area contributed by atoms with Crippen LogP contribution in [-0.4, -0.2) is 72.9 Å². The van der Waals surface area contributed by atoms with Gasteiger partial charge in [-0.25, -0.2) is 18.4 Å². The van der Waals surface area contributed by atoms with E-state index in [4.69, 9.17) is 4.74 Å². The third kappa shape index (κ3) is 4.62. The Kier molecular flexibility index (Phi) is 6.95. The summed E-state index contributed by atoms with van der Waals surface area (Å²) in [4.78, 5) is 51.1. The van der Waals surface area contributed by atoms with Gasteiger partial charge < -0.3 is 28.9 Å². The molecule has 0 atom stereocenters. The maximum Gasteiger partial charge on any atom is 0.354 e. The highest BCUT2D eigenvalue weighted by Crippen LogP contribution is 2.39. The second-order valence-electron chi connectivity index (χ2n) is 8.57. The molecule has 1 saturated carbocycles. The van der Waals surface area contributed by atoms with Gasteiger partial charge in [0.2, 0.25) is 5.43 Å². The van der Waals surface area contributed by atoms with Crippen molar-refractivity contribution in [3.63, 3.8) is 0 Å². The Labute approximate surface area is 204 Å². The predicted octanol–water partition coefficient (Wildman–Crippen LogP) is 2.05. The molecule has 1 aromatic carbocycles. The lowest BCUT2D eigenvalue weighted by Crippen LogP contribution is -2.47. The first kappa shape index (κ1) is 25.1. The fourth-order valence-corrected chi connectivity index (χ4v) is 4.39. The van der Waals surface area contributed by atoms with Gasteiger partial charge in [0.1, 0.15) is 22.8 Å². The number of anilines is 1. The molecule has 2 aliphatic rings. The molecule has 2 heterocycles. The number of ether oxygens (including phenoxy) is 2. The number of nitrogens with zero attached hydrogens (tertiary/aromatic N) is 3. The van der Waals surface area contributed by atoms with Gasteiger partial charge in [0.25, 0.3) is 0 Å². The van der Waals surface area contributed by atoms with Crippen LogP contribution in [0.4, 0.5) is 14.5 Å². The number of methoxy groups -OCH3 is 2. The number of carbonyl (C=O) groups is 3. The van der Waals surface area contributed by atoms with Crippen LogP contribution in [-0.2, 0) is 19.1 Å². The Hall–Kier alpha value is -3.96. The van der Waals surface area contributed by atoms with Crippen molar-refractivity contribution in [2.24, 2.45) is 0 Å². The number of pyridine rings is 1. The number of esters is 2. The first-order valence-corrected chi connectivity index (χ1v) is 11.3. The van der Waals surface area contributed by atoms with Gasteiger partial charge in [-0.3, -0.25) is 9.59 Å². The highest BCUT2D eigenvalue weighted by atomic mass is 19.1.